The van der Waals surface area contributed by atoms with E-state index >= 15 is 0 Å². The Kier molecular flexibility index (Phi) is 3.25. The Morgan fingerprint density at radius 2 is 2.30 bits per heavy atom. The first-order valence-electron chi connectivity index (χ1n) is 7.50. The van der Waals surface area contributed by atoms with E-state index in [9.17, 15) is 0 Å². The summed E-state index contributed by atoms with van der Waals surface area (Å²) in [7, 11) is 2.07. The van der Waals surface area contributed by atoms with Gasteiger partial charge in [-0.2, -0.15) is 0 Å². The van der Waals surface area contributed by atoms with Gasteiger partial charge in [0.1, 0.15) is 0 Å². The van der Waals surface area contributed by atoms with E-state index in [4.69, 9.17) is 9.72 Å². The molecule has 0 aliphatic carbocycles. The molecular weight excluding hydrogens is 268 g/mol. The van der Waals surface area contributed by atoms with Crippen molar-refractivity contribution in [2.45, 2.75) is 43.9 Å². The summed E-state index contributed by atoms with van der Waals surface area (Å²) in [4.78, 5) is 4.77. The SMILES string of the molecule is CNC(Cc1nc2ccccc2s1)C1CC2CCC1O2. The van der Waals surface area contributed by atoms with Crippen LogP contribution < -0.4 is 5.32 Å². The summed E-state index contributed by atoms with van der Waals surface area (Å²) < 4.78 is 7.30. The van der Waals surface area contributed by atoms with Gasteiger partial charge in [-0.3, -0.25) is 0 Å². The zero-order valence-electron chi connectivity index (χ0n) is 11.7. The largest absolute Gasteiger partial charge is 0.375 e. The zero-order valence-corrected chi connectivity index (χ0v) is 12.5. The standard InChI is InChI=1S/C16H20N2OS/c1-17-13(11-8-10-6-7-14(11)19-10)9-16-18-12-4-2-3-5-15(12)20-16/h2-5,10-11,13-14,17H,6-9H2,1H3. The molecule has 20 heavy (non-hydrogen) atoms. The number of para-hydroxylation sites is 1. The van der Waals surface area contributed by atoms with Gasteiger partial charge in [0, 0.05) is 18.4 Å². The number of nitrogens with one attached hydrogen (secondary N) is 1. The number of benzene rings is 1. The molecule has 3 heterocycles. The highest BCUT2D eigenvalue weighted by Gasteiger charge is 2.44. The molecule has 2 aliphatic rings. The second-order valence-electron chi connectivity index (χ2n) is 5.95. The Morgan fingerprint density at radius 3 is 3.00 bits per heavy atom. The highest BCUT2D eigenvalue weighted by atomic mass is 32.1. The van der Waals surface area contributed by atoms with Gasteiger partial charge in [0.15, 0.2) is 0 Å². The fraction of sp³-hybridized carbons (Fsp3) is 0.562. The predicted octanol–water partition coefficient (Wildman–Crippen LogP) is 2.99. The maximum absolute atomic E-state index is 6.01. The quantitative estimate of drug-likeness (QED) is 0.939. The van der Waals surface area contributed by atoms with Crippen molar-refractivity contribution in [3.63, 3.8) is 0 Å². The number of thiazole rings is 1. The molecule has 1 aromatic heterocycles. The molecule has 0 spiro atoms. The van der Waals surface area contributed by atoms with E-state index in [1.807, 2.05) is 11.3 Å². The van der Waals surface area contributed by atoms with Gasteiger partial charge in [-0.05, 0) is 38.4 Å². The van der Waals surface area contributed by atoms with Gasteiger partial charge in [-0.1, -0.05) is 12.1 Å². The molecule has 106 valence electrons. The van der Waals surface area contributed by atoms with Crippen molar-refractivity contribution in [1.29, 1.82) is 0 Å². The van der Waals surface area contributed by atoms with Crippen LogP contribution in [0.15, 0.2) is 24.3 Å². The summed E-state index contributed by atoms with van der Waals surface area (Å²) in [5.74, 6) is 0.658. The Hall–Kier alpha value is -0.970. The molecule has 2 bridgehead atoms. The van der Waals surface area contributed by atoms with Gasteiger partial charge in [-0.25, -0.2) is 4.98 Å². The number of hydrogen-bond donors (Lipinski definition) is 1. The maximum atomic E-state index is 6.01. The normalized spacial score (nSPS) is 30.1. The van der Waals surface area contributed by atoms with Gasteiger partial charge >= 0.3 is 0 Å². The second kappa shape index (κ2) is 5.10. The smallest absolute Gasteiger partial charge is 0.0954 e. The van der Waals surface area contributed by atoms with Crippen molar-refractivity contribution < 1.29 is 4.74 Å². The summed E-state index contributed by atoms with van der Waals surface area (Å²) in [5.41, 5.74) is 1.13. The van der Waals surface area contributed by atoms with E-state index in [1.54, 1.807) is 0 Å². The van der Waals surface area contributed by atoms with E-state index < -0.39 is 0 Å². The zero-order chi connectivity index (χ0) is 13.5. The van der Waals surface area contributed by atoms with Crippen LogP contribution in [0.1, 0.15) is 24.3 Å². The van der Waals surface area contributed by atoms with Crippen LogP contribution in [0.5, 0.6) is 0 Å². The van der Waals surface area contributed by atoms with Crippen LogP contribution in [0.4, 0.5) is 0 Å². The predicted molar refractivity (Wildman–Crippen MR) is 82.2 cm³/mol. The molecule has 4 heteroatoms. The van der Waals surface area contributed by atoms with Crippen molar-refractivity contribution >= 4 is 21.6 Å². The van der Waals surface area contributed by atoms with E-state index in [0.717, 1.165) is 11.9 Å². The average Bonchev–Trinajstić information content (AvgIpc) is 3.18. The molecular formula is C16H20N2OS. The minimum atomic E-state index is 0.479. The van der Waals surface area contributed by atoms with Crippen LogP contribution in [-0.2, 0) is 11.2 Å². The summed E-state index contributed by atoms with van der Waals surface area (Å²) in [5, 5.41) is 4.75. The summed E-state index contributed by atoms with van der Waals surface area (Å²) in [6, 6.07) is 8.90. The Labute approximate surface area is 123 Å². The van der Waals surface area contributed by atoms with Crippen molar-refractivity contribution in [2.75, 3.05) is 7.05 Å². The second-order valence-corrected chi connectivity index (χ2v) is 7.06. The first-order valence-corrected chi connectivity index (χ1v) is 8.32. The highest BCUT2D eigenvalue weighted by molar-refractivity contribution is 7.18. The van der Waals surface area contributed by atoms with Crippen LogP contribution in [-0.4, -0.2) is 30.3 Å². The highest BCUT2D eigenvalue weighted by Crippen LogP contribution is 2.41. The van der Waals surface area contributed by atoms with E-state index in [-0.39, 0.29) is 0 Å². The lowest BCUT2D eigenvalue weighted by atomic mass is 9.83. The summed E-state index contributed by atoms with van der Waals surface area (Å²) >= 11 is 1.83. The molecule has 0 amide bonds. The fourth-order valence-electron chi connectivity index (χ4n) is 3.76. The molecule has 2 aromatic rings. The monoisotopic (exact) mass is 288 g/mol. The lowest BCUT2D eigenvalue weighted by Gasteiger charge is -2.27. The number of ether oxygens (including phenoxy) is 1. The van der Waals surface area contributed by atoms with Crippen LogP contribution in [0.3, 0.4) is 0 Å². The third-order valence-electron chi connectivity index (χ3n) is 4.77. The Bertz CT molecular complexity index is 578. The lowest BCUT2D eigenvalue weighted by Crippen LogP contribution is -2.40. The lowest BCUT2D eigenvalue weighted by molar-refractivity contribution is 0.0863. The summed E-state index contributed by atoms with van der Waals surface area (Å²) in [6.07, 6.45) is 5.75. The molecule has 0 saturated carbocycles. The Balaban J connectivity index is 1.54. The van der Waals surface area contributed by atoms with Gasteiger partial charge in [0.05, 0.1) is 27.4 Å². The van der Waals surface area contributed by atoms with Crippen LogP contribution in [0.2, 0.25) is 0 Å². The summed E-state index contributed by atoms with van der Waals surface area (Å²) in [6.45, 7) is 0. The maximum Gasteiger partial charge on any atom is 0.0954 e. The first-order chi connectivity index (χ1) is 9.83. The van der Waals surface area contributed by atoms with Gasteiger partial charge in [-0.15, -0.1) is 11.3 Å². The van der Waals surface area contributed by atoms with E-state index in [0.29, 0.717) is 24.2 Å². The number of likely N-dealkylation sites (N-methyl/N-ethyl adjacent to an activating group) is 1. The van der Waals surface area contributed by atoms with Gasteiger partial charge in [0.2, 0.25) is 0 Å². The first kappa shape index (κ1) is 12.7. The third-order valence-corrected chi connectivity index (χ3v) is 5.83. The van der Waals surface area contributed by atoms with Crippen molar-refractivity contribution in [2.24, 2.45) is 5.92 Å². The van der Waals surface area contributed by atoms with Crippen molar-refractivity contribution in [3.8, 4) is 0 Å². The number of fused-ring (bicyclic) bond motifs is 3. The number of hydrogen-bond acceptors (Lipinski definition) is 4. The fourth-order valence-corrected chi connectivity index (χ4v) is 4.79. The third kappa shape index (κ3) is 2.16. The minimum Gasteiger partial charge on any atom is -0.375 e. The van der Waals surface area contributed by atoms with Gasteiger partial charge in [0.25, 0.3) is 0 Å². The van der Waals surface area contributed by atoms with Crippen LogP contribution in [0.25, 0.3) is 10.2 Å². The van der Waals surface area contributed by atoms with Gasteiger partial charge < -0.3 is 10.1 Å². The molecule has 1 N–H and O–H groups in total. The molecule has 4 rings (SSSR count). The molecule has 1 aromatic carbocycles. The number of nitrogens with zero attached hydrogens (tertiary/aromatic N) is 1. The Morgan fingerprint density at radius 1 is 1.40 bits per heavy atom. The molecule has 4 unspecified atom stereocenters. The number of aromatic nitrogens is 1. The van der Waals surface area contributed by atoms with Crippen LogP contribution in [0, 0.1) is 5.92 Å². The minimum absolute atomic E-state index is 0.479. The average molecular weight is 288 g/mol. The molecule has 4 atom stereocenters. The van der Waals surface area contributed by atoms with Crippen molar-refractivity contribution in [1.82, 2.24) is 10.3 Å². The molecule has 2 saturated heterocycles. The molecule has 2 aliphatic heterocycles. The molecule has 3 nitrogen and oxygen atoms in total. The number of rotatable bonds is 4. The molecule has 0 radical (unpaired) electrons. The van der Waals surface area contributed by atoms with E-state index in [1.165, 1.54) is 29.0 Å². The topological polar surface area (TPSA) is 34.2 Å². The van der Waals surface area contributed by atoms with E-state index in [2.05, 4.69) is 36.6 Å². The van der Waals surface area contributed by atoms with Crippen LogP contribution >= 0.6 is 11.3 Å². The molecule has 2 fully saturated rings. The van der Waals surface area contributed by atoms with Crippen molar-refractivity contribution in [3.05, 3.63) is 29.3 Å².